The number of fused-ring (bicyclic) bond motifs is 2. The summed E-state index contributed by atoms with van der Waals surface area (Å²) in [6.07, 6.45) is 0.644. The van der Waals surface area contributed by atoms with Crippen LogP contribution in [0.25, 0.3) is 0 Å². The van der Waals surface area contributed by atoms with Crippen molar-refractivity contribution in [3.05, 3.63) is 52.0 Å². The predicted octanol–water partition coefficient (Wildman–Crippen LogP) is 3.12. The zero-order valence-corrected chi connectivity index (χ0v) is 14.7. The van der Waals surface area contributed by atoms with E-state index in [4.69, 9.17) is 21.1 Å². The summed E-state index contributed by atoms with van der Waals surface area (Å²) in [5.74, 6) is 1.40. The van der Waals surface area contributed by atoms with Crippen LogP contribution in [0.15, 0.2) is 35.2 Å². The number of rotatable bonds is 2. The SMILES string of the molecule is Cc1ccc(S(=O)(=O)N2CCc3cc4c(cc3C2)OCO4)cc1Cl. The van der Waals surface area contributed by atoms with Crippen LogP contribution in [0.2, 0.25) is 5.02 Å². The summed E-state index contributed by atoms with van der Waals surface area (Å²) >= 11 is 6.09. The highest BCUT2D eigenvalue weighted by molar-refractivity contribution is 7.89. The van der Waals surface area contributed by atoms with Crippen LogP contribution < -0.4 is 9.47 Å². The summed E-state index contributed by atoms with van der Waals surface area (Å²) in [5, 5.41) is 0.455. The molecule has 0 saturated heterocycles. The first-order chi connectivity index (χ1) is 11.4. The van der Waals surface area contributed by atoms with Crippen molar-refractivity contribution in [2.75, 3.05) is 13.3 Å². The lowest BCUT2D eigenvalue weighted by Crippen LogP contribution is -2.35. The van der Waals surface area contributed by atoms with E-state index >= 15 is 0 Å². The normalized spacial score (nSPS) is 16.9. The maximum atomic E-state index is 12.9. The molecule has 7 heteroatoms. The van der Waals surface area contributed by atoms with Crippen LogP contribution in [0, 0.1) is 6.92 Å². The van der Waals surface area contributed by atoms with E-state index in [9.17, 15) is 8.42 Å². The third-order valence-corrected chi connectivity index (χ3v) is 6.70. The molecule has 2 aliphatic heterocycles. The van der Waals surface area contributed by atoms with Gasteiger partial charge in [-0.25, -0.2) is 8.42 Å². The van der Waals surface area contributed by atoms with Crippen LogP contribution in [-0.2, 0) is 23.0 Å². The van der Waals surface area contributed by atoms with Crippen LogP contribution in [0.3, 0.4) is 0 Å². The summed E-state index contributed by atoms with van der Waals surface area (Å²) in [7, 11) is -3.58. The first-order valence-corrected chi connectivity index (χ1v) is 9.44. The van der Waals surface area contributed by atoms with Gasteiger partial charge in [-0.05, 0) is 54.3 Å². The van der Waals surface area contributed by atoms with Gasteiger partial charge in [0.15, 0.2) is 11.5 Å². The average Bonchev–Trinajstić information content (AvgIpc) is 3.01. The van der Waals surface area contributed by atoms with Crippen molar-refractivity contribution in [3.8, 4) is 11.5 Å². The van der Waals surface area contributed by atoms with Crippen LogP contribution in [0.5, 0.6) is 11.5 Å². The van der Waals surface area contributed by atoms with Crippen molar-refractivity contribution < 1.29 is 17.9 Å². The Bertz CT molecular complexity index is 926. The molecule has 0 saturated carbocycles. The van der Waals surface area contributed by atoms with Crippen molar-refractivity contribution >= 4 is 21.6 Å². The van der Waals surface area contributed by atoms with Crippen LogP contribution in [-0.4, -0.2) is 26.1 Å². The first kappa shape index (κ1) is 15.7. The second-order valence-corrected chi connectivity index (χ2v) is 8.32. The largest absolute Gasteiger partial charge is 0.454 e. The minimum atomic E-state index is -3.58. The number of nitrogens with zero attached hydrogens (tertiary/aromatic N) is 1. The standard InChI is InChI=1S/C17H16ClNO4S/c1-11-2-3-14(8-15(11)18)24(20,21)19-5-4-12-6-16-17(23-10-22-16)7-13(12)9-19/h2-3,6-8H,4-5,9-10H2,1H3. The molecule has 126 valence electrons. The van der Waals surface area contributed by atoms with Crippen molar-refractivity contribution in [2.45, 2.75) is 24.8 Å². The molecule has 5 nitrogen and oxygen atoms in total. The molecule has 24 heavy (non-hydrogen) atoms. The minimum Gasteiger partial charge on any atom is -0.454 e. The zero-order valence-electron chi connectivity index (χ0n) is 13.1. The van der Waals surface area contributed by atoms with E-state index < -0.39 is 10.0 Å². The molecule has 0 atom stereocenters. The monoisotopic (exact) mass is 365 g/mol. The molecule has 0 N–H and O–H groups in total. The number of aryl methyl sites for hydroxylation is 1. The second-order valence-electron chi connectivity index (χ2n) is 5.97. The van der Waals surface area contributed by atoms with Gasteiger partial charge in [0.05, 0.1) is 4.90 Å². The Morgan fingerprint density at radius 1 is 1.08 bits per heavy atom. The van der Waals surface area contributed by atoms with E-state index in [1.807, 2.05) is 19.1 Å². The fraction of sp³-hybridized carbons (Fsp3) is 0.294. The lowest BCUT2D eigenvalue weighted by atomic mass is 10.0. The van der Waals surface area contributed by atoms with E-state index in [0.29, 0.717) is 30.3 Å². The Balaban J connectivity index is 1.67. The molecule has 4 rings (SSSR count). The van der Waals surface area contributed by atoms with E-state index in [1.54, 1.807) is 12.1 Å². The maximum absolute atomic E-state index is 12.9. The Hall–Kier alpha value is -1.76. The summed E-state index contributed by atoms with van der Waals surface area (Å²) in [6, 6.07) is 8.67. The van der Waals surface area contributed by atoms with Crippen molar-refractivity contribution in [2.24, 2.45) is 0 Å². The molecular formula is C17H16ClNO4S. The molecule has 0 spiro atoms. The molecule has 0 bridgehead atoms. The first-order valence-electron chi connectivity index (χ1n) is 7.63. The molecule has 2 aliphatic rings. The van der Waals surface area contributed by atoms with Crippen molar-refractivity contribution in [1.29, 1.82) is 0 Å². The smallest absolute Gasteiger partial charge is 0.243 e. The highest BCUT2D eigenvalue weighted by Crippen LogP contribution is 2.37. The zero-order chi connectivity index (χ0) is 16.9. The van der Waals surface area contributed by atoms with Gasteiger partial charge >= 0.3 is 0 Å². The van der Waals surface area contributed by atoms with Gasteiger partial charge in [-0.1, -0.05) is 17.7 Å². The second kappa shape index (κ2) is 5.65. The molecule has 2 aromatic rings. The predicted molar refractivity (Wildman–Crippen MR) is 90.1 cm³/mol. The molecule has 0 fully saturated rings. The Kier molecular flexibility index (Phi) is 3.71. The van der Waals surface area contributed by atoms with Crippen LogP contribution in [0.1, 0.15) is 16.7 Å². The summed E-state index contributed by atoms with van der Waals surface area (Å²) in [6.45, 7) is 2.81. The Morgan fingerprint density at radius 2 is 1.79 bits per heavy atom. The lowest BCUT2D eigenvalue weighted by Gasteiger charge is -2.28. The molecule has 0 aliphatic carbocycles. The Labute approximate surface area is 145 Å². The molecule has 0 radical (unpaired) electrons. The van der Waals surface area contributed by atoms with E-state index in [0.717, 1.165) is 22.4 Å². The third kappa shape index (κ3) is 2.55. The molecule has 2 aromatic carbocycles. The van der Waals surface area contributed by atoms with Gasteiger partial charge in [-0.15, -0.1) is 0 Å². The maximum Gasteiger partial charge on any atom is 0.243 e. The lowest BCUT2D eigenvalue weighted by molar-refractivity contribution is 0.174. The number of ether oxygens (including phenoxy) is 2. The van der Waals surface area contributed by atoms with Crippen LogP contribution in [0.4, 0.5) is 0 Å². The fourth-order valence-corrected chi connectivity index (χ4v) is 4.70. The molecular weight excluding hydrogens is 350 g/mol. The molecule has 0 unspecified atom stereocenters. The van der Waals surface area contributed by atoms with E-state index in [-0.39, 0.29) is 11.7 Å². The van der Waals surface area contributed by atoms with Gasteiger partial charge in [-0.2, -0.15) is 4.31 Å². The highest BCUT2D eigenvalue weighted by Gasteiger charge is 2.30. The van der Waals surface area contributed by atoms with E-state index in [2.05, 4.69) is 0 Å². The Morgan fingerprint density at radius 3 is 2.50 bits per heavy atom. The van der Waals surface area contributed by atoms with Gasteiger partial charge in [0, 0.05) is 18.1 Å². The van der Waals surface area contributed by atoms with Gasteiger partial charge in [0.1, 0.15) is 0 Å². The number of halogens is 1. The summed E-state index contributed by atoms with van der Waals surface area (Å²) in [4.78, 5) is 0.224. The number of sulfonamides is 1. The third-order valence-electron chi connectivity index (χ3n) is 4.45. The minimum absolute atomic E-state index is 0.210. The number of benzene rings is 2. The quantitative estimate of drug-likeness (QED) is 0.820. The highest BCUT2D eigenvalue weighted by atomic mass is 35.5. The topological polar surface area (TPSA) is 55.8 Å². The van der Waals surface area contributed by atoms with Crippen molar-refractivity contribution in [1.82, 2.24) is 4.31 Å². The summed E-state index contributed by atoms with van der Waals surface area (Å²) < 4.78 is 38.1. The van der Waals surface area contributed by atoms with Gasteiger partial charge < -0.3 is 9.47 Å². The van der Waals surface area contributed by atoms with Gasteiger partial charge in [-0.3, -0.25) is 0 Å². The summed E-state index contributed by atoms with van der Waals surface area (Å²) in [5.41, 5.74) is 2.91. The van der Waals surface area contributed by atoms with Crippen molar-refractivity contribution in [3.63, 3.8) is 0 Å². The molecule has 2 heterocycles. The number of hydrogen-bond donors (Lipinski definition) is 0. The van der Waals surface area contributed by atoms with Gasteiger partial charge in [0.2, 0.25) is 16.8 Å². The van der Waals surface area contributed by atoms with E-state index in [1.165, 1.54) is 10.4 Å². The number of hydrogen-bond acceptors (Lipinski definition) is 4. The molecule has 0 amide bonds. The average molecular weight is 366 g/mol. The fourth-order valence-electron chi connectivity index (χ4n) is 3.01. The van der Waals surface area contributed by atoms with Crippen LogP contribution >= 0.6 is 11.6 Å². The molecule has 0 aromatic heterocycles. The van der Waals surface area contributed by atoms with Gasteiger partial charge in [0.25, 0.3) is 0 Å².